The van der Waals surface area contributed by atoms with E-state index in [0.717, 1.165) is 76.7 Å². The van der Waals surface area contributed by atoms with Crippen molar-refractivity contribution in [3.05, 3.63) is 33.2 Å². The van der Waals surface area contributed by atoms with Gasteiger partial charge < -0.3 is 19.5 Å². The molecule has 0 bridgehead atoms. The molecule has 1 aromatic rings. The Labute approximate surface area is 209 Å². The Balaban J connectivity index is 1.46. The molecule has 0 atom stereocenters. The average Bonchev–Trinajstić information content (AvgIpc) is 2.88. The Bertz CT molecular complexity index is 927. The number of methoxy groups -OCH3 is 1. The highest BCUT2D eigenvalue weighted by molar-refractivity contribution is 5.94. The van der Waals surface area contributed by atoms with Gasteiger partial charge in [-0.3, -0.25) is 14.4 Å². The van der Waals surface area contributed by atoms with Crippen LogP contribution in [0.15, 0.2) is 10.9 Å². The van der Waals surface area contributed by atoms with E-state index < -0.39 is 0 Å². The molecule has 1 aliphatic heterocycles. The van der Waals surface area contributed by atoms with Crippen LogP contribution in [0.3, 0.4) is 0 Å². The summed E-state index contributed by atoms with van der Waals surface area (Å²) in [6.45, 7) is 4.31. The zero-order chi connectivity index (χ0) is 24.6. The Morgan fingerprint density at radius 2 is 1.63 bits per heavy atom. The highest BCUT2D eigenvalue weighted by Crippen LogP contribution is 2.29. The fourth-order valence-corrected chi connectivity index (χ4v) is 6.16. The van der Waals surface area contributed by atoms with Gasteiger partial charge in [-0.05, 0) is 94.8 Å². The molecule has 35 heavy (non-hydrogen) atoms. The van der Waals surface area contributed by atoms with Crippen molar-refractivity contribution in [1.82, 2.24) is 14.8 Å². The first kappa shape index (κ1) is 25.9. The van der Waals surface area contributed by atoms with Gasteiger partial charge in [0.1, 0.15) is 5.56 Å². The summed E-state index contributed by atoms with van der Waals surface area (Å²) in [5.74, 6) is -0.0571. The van der Waals surface area contributed by atoms with E-state index in [2.05, 4.69) is 10.2 Å². The molecule has 0 radical (unpaired) electrons. The topological polar surface area (TPSA) is 80.6 Å². The summed E-state index contributed by atoms with van der Waals surface area (Å²) in [6.07, 6.45) is 13.7. The minimum absolute atomic E-state index is 0.0206. The highest BCUT2D eigenvalue weighted by atomic mass is 16.5. The molecule has 0 aromatic carbocycles. The van der Waals surface area contributed by atoms with Gasteiger partial charge >= 0.3 is 5.97 Å². The number of rotatable bonds is 7. The van der Waals surface area contributed by atoms with Crippen LogP contribution >= 0.6 is 0 Å². The van der Waals surface area contributed by atoms with Crippen LogP contribution in [0.2, 0.25) is 0 Å². The summed E-state index contributed by atoms with van der Waals surface area (Å²) in [6, 6.07) is 1.89. The quantitative estimate of drug-likeness (QED) is 0.596. The molecule has 7 heteroatoms. The molecule has 1 saturated heterocycles. The van der Waals surface area contributed by atoms with Crippen LogP contribution < -0.4 is 10.9 Å². The molecule has 194 valence electrons. The lowest BCUT2D eigenvalue weighted by Crippen LogP contribution is -2.40. The number of aryl methyl sites for hydroxylation is 1. The van der Waals surface area contributed by atoms with Crippen molar-refractivity contribution in [2.24, 2.45) is 11.8 Å². The molecular formula is C28H43N3O4. The van der Waals surface area contributed by atoms with Gasteiger partial charge in [0.2, 0.25) is 0 Å². The summed E-state index contributed by atoms with van der Waals surface area (Å²) in [4.78, 5) is 41.0. The SMILES string of the molecule is COC(=O)C1CCC(CNC(=O)c2cc3c(n(CCN4CCCCC4)c2=O)CCCCCC3)CC1. The maximum atomic E-state index is 13.6. The van der Waals surface area contributed by atoms with Gasteiger partial charge in [0.15, 0.2) is 0 Å². The number of fused-ring (bicyclic) bond motifs is 1. The van der Waals surface area contributed by atoms with Gasteiger partial charge in [0, 0.05) is 25.3 Å². The number of nitrogens with one attached hydrogen (secondary N) is 1. The Morgan fingerprint density at radius 3 is 2.34 bits per heavy atom. The molecule has 1 aromatic heterocycles. The number of likely N-dealkylation sites (tertiary alicyclic amines) is 1. The number of nitrogens with zero attached hydrogens (tertiary/aromatic N) is 2. The van der Waals surface area contributed by atoms with E-state index in [4.69, 9.17) is 4.74 Å². The smallest absolute Gasteiger partial charge is 0.308 e. The largest absolute Gasteiger partial charge is 0.469 e. The first-order valence-electron chi connectivity index (χ1n) is 13.9. The van der Waals surface area contributed by atoms with E-state index >= 15 is 0 Å². The number of aromatic nitrogens is 1. The second-order valence-corrected chi connectivity index (χ2v) is 10.8. The maximum absolute atomic E-state index is 13.6. The van der Waals surface area contributed by atoms with Gasteiger partial charge in [-0.1, -0.05) is 19.3 Å². The van der Waals surface area contributed by atoms with Crippen molar-refractivity contribution < 1.29 is 14.3 Å². The number of carbonyl (C=O) groups excluding carboxylic acids is 2. The van der Waals surface area contributed by atoms with Crippen LogP contribution in [0.1, 0.15) is 92.2 Å². The summed E-state index contributed by atoms with van der Waals surface area (Å²) in [5.41, 5.74) is 2.51. The summed E-state index contributed by atoms with van der Waals surface area (Å²) in [7, 11) is 1.44. The zero-order valence-electron chi connectivity index (χ0n) is 21.5. The number of amides is 1. The van der Waals surface area contributed by atoms with Crippen LogP contribution in [-0.2, 0) is 28.9 Å². The van der Waals surface area contributed by atoms with Crippen LogP contribution in [-0.4, -0.2) is 54.6 Å². The predicted molar refractivity (Wildman–Crippen MR) is 137 cm³/mol. The highest BCUT2D eigenvalue weighted by Gasteiger charge is 2.28. The van der Waals surface area contributed by atoms with E-state index in [1.54, 1.807) is 0 Å². The molecule has 3 aliphatic rings. The number of piperidine rings is 1. The number of carbonyl (C=O) groups is 2. The first-order chi connectivity index (χ1) is 17.1. The Hall–Kier alpha value is -2.15. The molecule has 2 heterocycles. The molecule has 0 unspecified atom stereocenters. The predicted octanol–water partition coefficient (Wildman–Crippen LogP) is 3.70. The molecular weight excluding hydrogens is 442 g/mol. The fourth-order valence-electron chi connectivity index (χ4n) is 6.16. The lowest BCUT2D eigenvalue weighted by molar-refractivity contribution is -0.146. The maximum Gasteiger partial charge on any atom is 0.308 e. The molecule has 1 N–H and O–H groups in total. The Kier molecular flexibility index (Phi) is 9.41. The monoisotopic (exact) mass is 485 g/mol. The van der Waals surface area contributed by atoms with Crippen LogP contribution in [0, 0.1) is 11.8 Å². The normalized spacial score (nSPS) is 23.6. The third-order valence-corrected chi connectivity index (χ3v) is 8.37. The molecule has 1 amide bonds. The minimum Gasteiger partial charge on any atom is -0.469 e. The van der Waals surface area contributed by atoms with Crippen molar-refractivity contribution in [3.8, 4) is 0 Å². The second kappa shape index (κ2) is 12.7. The summed E-state index contributed by atoms with van der Waals surface area (Å²) in [5, 5.41) is 3.06. The van der Waals surface area contributed by atoms with Crippen LogP contribution in [0.5, 0.6) is 0 Å². The van der Waals surface area contributed by atoms with Crippen molar-refractivity contribution >= 4 is 11.9 Å². The van der Waals surface area contributed by atoms with Crippen molar-refractivity contribution in [3.63, 3.8) is 0 Å². The lowest BCUT2D eigenvalue weighted by atomic mass is 9.82. The standard InChI is InChI=1S/C28H43N3O4/c1-35-28(34)22-13-11-21(12-14-22)20-29-26(32)24-19-23-9-5-2-3-6-10-25(23)31(27(24)33)18-17-30-15-7-4-8-16-30/h19,21-22H,2-18,20H2,1H3,(H,29,32). The van der Waals surface area contributed by atoms with Crippen molar-refractivity contribution in [2.75, 3.05) is 33.3 Å². The first-order valence-corrected chi connectivity index (χ1v) is 13.9. The number of pyridine rings is 1. The van der Waals surface area contributed by atoms with E-state index in [1.165, 1.54) is 44.8 Å². The average molecular weight is 486 g/mol. The third-order valence-electron chi connectivity index (χ3n) is 8.37. The van der Waals surface area contributed by atoms with Gasteiger partial charge in [-0.2, -0.15) is 0 Å². The second-order valence-electron chi connectivity index (χ2n) is 10.8. The van der Waals surface area contributed by atoms with E-state index in [9.17, 15) is 14.4 Å². The van der Waals surface area contributed by atoms with E-state index in [-0.39, 0.29) is 23.4 Å². The molecule has 4 rings (SSSR count). The molecule has 7 nitrogen and oxygen atoms in total. The zero-order valence-corrected chi connectivity index (χ0v) is 21.5. The Morgan fingerprint density at radius 1 is 0.943 bits per heavy atom. The molecule has 0 spiro atoms. The molecule has 1 saturated carbocycles. The van der Waals surface area contributed by atoms with Gasteiger partial charge in [-0.15, -0.1) is 0 Å². The molecule has 2 fully saturated rings. The summed E-state index contributed by atoms with van der Waals surface area (Å²) < 4.78 is 6.81. The van der Waals surface area contributed by atoms with Gasteiger partial charge in [0.05, 0.1) is 13.0 Å². The van der Waals surface area contributed by atoms with Crippen molar-refractivity contribution in [2.45, 2.75) is 90.0 Å². The number of ether oxygens (including phenoxy) is 1. The van der Waals surface area contributed by atoms with Crippen LogP contribution in [0.25, 0.3) is 0 Å². The summed E-state index contributed by atoms with van der Waals surface area (Å²) >= 11 is 0. The van der Waals surface area contributed by atoms with Gasteiger partial charge in [-0.25, -0.2) is 0 Å². The van der Waals surface area contributed by atoms with Crippen LogP contribution in [0.4, 0.5) is 0 Å². The fraction of sp³-hybridized carbons (Fsp3) is 0.750. The third kappa shape index (κ3) is 6.75. The number of esters is 1. The van der Waals surface area contributed by atoms with Crippen molar-refractivity contribution in [1.29, 1.82) is 0 Å². The molecule has 2 aliphatic carbocycles. The van der Waals surface area contributed by atoms with E-state index in [1.807, 2.05) is 10.6 Å². The minimum atomic E-state index is -0.248. The van der Waals surface area contributed by atoms with E-state index in [0.29, 0.717) is 24.6 Å². The lowest BCUT2D eigenvalue weighted by Gasteiger charge is -2.28. The number of hydrogen-bond acceptors (Lipinski definition) is 5. The van der Waals surface area contributed by atoms with Gasteiger partial charge in [0.25, 0.3) is 11.5 Å². The number of hydrogen-bond donors (Lipinski definition) is 1.